The predicted molar refractivity (Wildman–Crippen MR) is 85.0 cm³/mol. The van der Waals surface area contributed by atoms with E-state index in [4.69, 9.17) is 9.15 Å². The lowest BCUT2D eigenvalue weighted by Crippen LogP contribution is -2.29. The van der Waals surface area contributed by atoms with Crippen molar-refractivity contribution >= 4 is 27.9 Å². The van der Waals surface area contributed by atoms with Crippen LogP contribution >= 0.6 is 15.9 Å². The maximum Gasteiger partial charge on any atom is 0.246 e. The first-order chi connectivity index (χ1) is 10.1. The monoisotopic (exact) mass is 349 g/mol. The summed E-state index contributed by atoms with van der Waals surface area (Å²) in [6, 6.07) is 11.2. The number of carbonyl (C=O) groups is 1. The molecule has 0 aliphatic heterocycles. The van der Waals surface area contributed by atoms with Crippen LogP contribution in [0.5, 0.6) is 5.75 Å². The largest absolute Gasteiger partial charge is 0.492 e. The van der Waals surface area contributed by atoms with Gasteiger partial charge in [-0.1, -0.05) is 15.9 Å². The molecule has 0 saturated heterocycles. The average molecular weight is 350 g/mol. The molecule has 0 radical (unpaired) electrons. The van der Waals surface area contributed by atoms with E-state index >= 15 is 0 Å². The number of carbonyl (C=O) groups excluding carboxylic acids is 1. The van der Waals surface area contributed by atoms with E-state index in [1.807, 2.05) is 24.3 Å². The summed E-state index contributed by atoms with van der Waals surface area (Å²) >= 11 is 3.37. The van der Waals surface area contributed by atoms with Crippen LogP contribution in [-0.4, -0.2) is 31.0 Å². The van der Waals surface area contributed by atoms with Crippen LogP contribution in [0.4, 0.5) is 0 Å². The third-order valence-electron chi connectivity index (χ3n) is 2.82. The van der Waals surface area contributed by atoms with Gasteiger partial charge in [0.25, 0.3) is 0 Å². The standard InChI is InChI=1S/C16H16BrNO3/c1-18(16(19)9-8-14-3-2-11-20-14)10-12-21-15-6-4-13(17)5-7-15/h2-9,11H,10,12H2,1H3/b9-8+. The topological polar surface area (TPSA) is 42.7 Å². The highest BCUT2D eigenvalue weighted by molar-refractivity contribution is 9.10. The number of hydrogen-bond donors (Lipinski definition) is 0. The maximum atomic E-state index is 11.9. The summed E-state index contributed by atoms with van der Waals surface area (Å²) in [5.41, 5.74) is 0. The van der Waals surface area contributed by atoms with Gasteiger partial charge in [-0.2, -0.15) is 0 Å². The third kappa shape index (κ3) is 5.11. The second-order valence-corrected chi connectivity index (χ2v) is 5.33. The molecule has 0 atom stereocenters. The van der Waals surface area contributed by atoms with E-state index in [2.05, 4.69) is 15.9 Å². The highest BCUT2D eigenvalue weighted by Crippen LogP contribution is 2.15. The Hall–Kier alpha value is -2.01. The van der Waals surface area contributed by atoms with E-state index < -0.39 is 0 Å². The number of rotatable bonds is 6. The molecule has 0 saturated carbocycles. The van der Waals surface area contributed by atoms with Crippen molar-refractivity contribution in [2.24, 2.45) is 0 Å². The number of hydrogen-bond acceptors (Lipinski definition) is 3. The second kappa shape index (κ2) is 7.69. The first kappa shape index (κ1) is 15.4. The van der Waals surface area contributed by atoms with Crippen molar-refractivity contribution in [3.05, 3.63) is 59.0 Å². The molecule has 2 aromatic rings. The number of likely N-dealkylation sites (N-methyl/N-ethyl adjacent to an activating group) is 1. The van der Waals surface area contributed by atoms with E-state index in [-0.39, 0.29) is 5.91 Å². The fraction of sp³-hybridized carbons (Fsp3) is 0.188. The normalized spacial score (nSPS) is 10.8. The molecule has 0 bridgehead atoms. The molecule has 4 nitrogen and oxygen atoms in total. The molecule has 0 unspecified atom stereocenters. The molecule has 0 N–H and O–H groups in total. The predicted octanol–water partition coefficient (Wildman–Crippen LogP) is 3.59. The average Bonchev–Trinajstić information content (AvgIpc) is 3.00. The van der Waals surface area contributed by atoms with Crippen molar-refractivity contribution in [3.63, 3.8) is 0 Å². The maximum absolute atomic E-state index is 11.9. The van der Waals surface area contributed by atoms with Crippen LogP contribution in [-0.2, 0) is 4.79 Å². The van der Waals surface area contributed by atoms with Gasteiger partial charge in [0, 0.05) is 17.6 Å². The molecule has 0 aliphatic carbocycles. The molecular formula is C16H16BrNO3. The van der Waals surface area contributed by atoms with Gasteiger partial charge in [-0.3, -0.25) is 4.79 Å². The Balaban J connectivity index is 1.74. The van der Waals surface area contributed by atoms with Crippen LogP contribution < -0.4 is 4.74 Å². The number of nitrogens with zero attached hydrogens (tertiary/aromatic N) is 1. The minimum Gasteiger partial charge on any atom is -0.492 e. The zero-order valence-electron chi connectivity index (χ0n) is 11.7. The summed E-state index contributed by atoms with van der Waals surface area (Å²) in [7, 11) is 1.74. The van der Waals surface area contributed by atoms with Crippen LogP contribution in [0.2, 0.25) is 0 Å². The van der Waals surface area contributed by atoms with Gasteiger partial charge in [0.2, 0.25) is 5.91 Å². The van der Waals surface area contributed by atoms with Crippen molar-refractivity contribution in [1.29, 1.82) is 0 Å². The summed E-state index contributed by atoms with van der Waals surface area (Å²) in [5.74, 6) is 1.35. The van der Waals surface area contributed by atoms with Crippen LogP contribution in [0.3, 0.4) is 0 Å². The van der Waals surface area contributed by atoms with Gasteiger partial charge in [0.15, 0.2) is 0 Å². The van der Waals surface area contributed by atoms with Crippen molar-refractivity contribution in [2.45, 2.75) is 0 Å². The Morgan fingerprint density at radius 1 is 1.33 bits per heavy atom. The van der Waals surface area contributed by atoms with Gasteiger partial charge in [0.1, 0.15) is 18.1 Å². The lowest BCUT2D eigenvalue weighted by molar-refractivity contribution is -0.125. The highest BCUT2D eigenvalue weighted by atomic mass is 79.9. The quantitative estimate of drug-likeness (QED) is 0.748. The van der Waals surface area contributed by atoms with Crippen molar-refractivity contribution in [2.75, 3.05) is 20.2 Å². The fourth-order valence-electron chi connectivity index (χ4n) is 1.61. The molecule has 0 fully saturated rings. The van der Waals surface area contributed by atoms with Gasteiger partial charge < -0.3 is 14.1 Å². The minimum atomic E-state index is -0.0918. The molecule has 2 rings (SSSR count). The summed E-state index contributed by atoms with van der Waals surface area (Å²) in [4.78, 5) is 13.5. The number of benzene rings is 1. The second-order valence-electron chi connectivity index (χ2n) is 4.41. The summed E-state index contributed by atoms with van der Waals surface area (Å²) < 4.78 is 11.7. The molecule has 1 aromatic carbocycles. The lowest BCUT2D eigenvalue weighted by Gasteiger charge is -2.15. The molecular weight excluding hydrogens is 334 g/mol. The Morgan fingerprint density at radius 3 is 2.76 bits per heavy atom. The van der Waals surface area contributed by atoms with Gasteiger partial charge in [0.05, 0.1) is 12.8 Å². The molecule has 0 spiro atoms. The SMILES string of the molecule is CN(CCOc1ccc(Br)cc1)C(=O)/C=C/c1ccco1. The highest BCUT2D eigenvalue weighted by Gasteiger charge is 2.05. The molecule has 1 amide bonds. The van der Waals surface area contributed by atoms with E-state index in [1.165, 1.54) is 6.08 Å². The van der Waals surface area contributed by atoms with E-state index in [1.54, 1.807) is 36.4 Å². The van der Waals surface area contributed by atoms with Gasteiger partial charge in [-0.15, -0.1) is 0 Å². The number of halogens is 1. The Morgan fingerprint density at radius 2 is 2.10 bits per heavy atom. The van der Waals surface area contributed by atoms with Crippen molar-refractivity contribution < 1.29 is 13.9 Å². The van der Waals surface area contributed by atoms with E-state index in [0.717, 1.165) is 10.2 Å². The van der Waals surface area contributed by atoms with E-state index in [9.17, 15) is 4.79 Å². The smallest absolute Gasteiger partial charge is 0.246 e. The van der Waals surface area contributed by atoms with Crippen LogP contribution in [0.15, 0.2) is 57.6 Å². The molecule has 21 heavy (non-hydrogen) atoms. The van der Waals surface area contributed by atoms with Crippen LogP contribution in [0.25, 0.3) is 6.08 Å². The molecule has 1 heterocycles. The Kier molecular flexibility index (Phi) is 5.63. The fourth-order valence-corrected chi connectivity index (χ4v) is 1.87. The Bertz CT molecular complexity index is 590. The minimum absolute atomic E-state index is 0.0918. The number of ether oxygens (including phenoxy) is 1. The molecule has 110 valence electrons. The molecule has 1 aromatic heterocycles. The van der Waals surface area contributed by atoms with Crippen LogP contribution in [0.1, 0.15) is 5.76 Å². The van der Waals surface area contributed by atoms with Gasteiger partial charge in [-0.25, -0.2) is 0 Å². The first-order valence-electron chi connectivity index (χ1n) is 6.50. The van der Waals surface area contributed by atoms with Gasteiger partial charge in [-0.05, 0) is 42.5 Å². The molecule has 5 heteroatoms. The summed E-state index contributed by atoms with van der Waals surface area (Å²) in [6.45, 7) is 0.954. The zero-order chi connectivity index (χ0) is 15.1. The lowest BCUT2D eigenvalue weighted by atomic mass is 10.3. The molecule has 0 aliphatic rings. The summed E-state index contributed by atoms with van der Waals surface area (Å²) in [5, 5.41) is 0. The van der Waals surface area contributed by atoms with E-state index in [0.29, 0.717) is 18.9 Å². The van der Waals surface area contributed by atoms with Gasteiger partial charge >= 0.3 is 0 Å². The zero-order valence-corrected chi connectivity index (χ0v) is 13.2. The van der Waals surface area contributed by atoms with Crippen molar-refractivity contribution in [1.82, 2.24) is 4.90 Å². The van der Waals surface area contributed by atoms with Crippen LogP contribution in [0, 0.1) is 0 Å². The number of furan rings is 1. The number of amides is 1. The summed E-state index contributed by atoms with van der Waals surface area (Å²) in [6.07, 6.45) is 4.70. The van der Waals surface area contributed by atoms with Crippen molar-refractivity contribution in [3.8, 4) is 5.75 Å². The third-order valence-corrected chi connectivity index (χ3v) is 3.35. The Labute approximate surface area is 132 Å². The first-order valence-corrected chi connectivity index (χ1v) is 7.29.